The highest BCUT2D eigenvalue weighted by atomic mass is 16.5. The number of carbonyl (C=O) groups is 1. The first kappa shape index (κ1) is 24.5. The maximum absolute atomic E-state index is 14.0. The zero-order chi connectivity index (χ0) is 24.8. The van der Waals surface area contributed by atoms with Crippen molar-refractivity contribution in [2.45, 2.75) is 31.7 Å². The van der Waals surface area contributed by atoms with Gasteiger partial charge in [0.2, 0.25) is 5.91 Å². The van der Waals surface area contributed by atoms with Gasteiger partial charge in [0.15, 0.2) is 23.0 Å². The van der Waals surface area contributed by atoms with Gasteiger partial charge < -0.3 is 23.8 Å². The molecule has 0 N–H and O–H groups in total. The van der Waals surface area contributed by atoms with Crippen LogP contribution in [0.2, 0.25) is 0 Å². The van der Waals surface area contributed by atoms with Gasteiger partial charge in [-0.15, -0.1) is 0 Å². The van der Waals surface area contributed by atoms with E-state index < -0.39 is 0 Å². The molecule has 1 amide bonds. The van der Waals surface area contributed by atoms with Crippen molar-refractivity contribution in [2.24, 2.45) is 0 Å². The Kier molecular flexibility index (Phi) is 7.80. The molecule has 2 atom stereocenters. The van der Waals surface area contributed by atoms with Crippen molar-refractivity contribution in [3.8, 4) is 23.0 Å². The third-order valence-electron chi connectivity index (χ3n) is 6.66. The van der Waals surface area contributed by atoms with Gasteiger partial charge in [-0.05, 0) is 53.8 Å². The summed E-state index contributed by atoms with van der Waals surface area (Å²) in [5, 5.41) is 0. The molecule has 0 bridgehead atoms. The zero-order valence-corrected chi connectivity index (χ0v) is 20.8. The largest absolute Gasteiger partial charge is 0.493 e. The van der Waals surface area contributed by atoms with Gasteiger partial charge in [0, 0.05) is 6.54 Å². The van der Waals surface area contributed by atoms with Crippen LogP contribution in [-0.2, 0) is 11.2 Å². The summed E-state index contributed by atoms with van der Waals surface area (Å²) in [6, 6.07) is 21.3. The molecule has 6 nitrogen and oxygen atoms in total. The molecule has 0 spiro atoms. The van der Waals surface area contributed by atoms with Crippen molar-refractivity contribution in [3.05, 3.63) is 83.4 Å². The summed E-state index contributed by atoms with van der Waals surface area (Å²) in [7, 11) is 4.88. The molecule has 0 fully saturated rings. The van der Waals surface area contributed by atoms with Crippen LogP contribution in [0.4, 0.5) is 0 Å². The molecular weight excluding hydrogens is 442 g/mol. The summed E-state index contributed by atoms with van der Waals surface area (Å²) in [4.78, 5) is 15.9. The van der Waals surface area contributed by atoms with E-state index >= 15 is 0 Å². The van der Waals surface area contributed by atoms with Crippen LogP contribution in [0.3, 0.4) is 0 Å². The van der Waals surface area contributed by atoms with E-state index in [-0.39, 0.29) is 17.9 Å². The molecule has 0 aliphatic carbocycles. The molecule has 0 saturated carbocycles. The molecule has 3 aromatic carbocycles. The number of fused-ring (bicyclic) bond motifs is 1. The first-order chi connectivity index (χ1) is 17.1. The third-order valence-corrected chi connectivity index (χ3v) is 6.66. The highest BCUT2D eigenvalue weighted by Crippen LogP contribution is 2.40. The molecule has 35 heavy (non-hydrogen) atoms. The number of nitrogens with zero attached hydrogens (tertiary/aromatic N) is 1. The number of rotatable bonds is 9. The summed E-state index contributed by atoms with van der Waals surface area (Å²) in [5.41, 5.74) is 3.18. The van der Waals surface area contributed by atoms with E-state index in [0.29, 0.717) is 36.1 Å². The van der Waals surface area contributed by atoms with Gasteiger partial charge >= 0.3 is 0 Å². The SMILES string of the molecule is CCC(C(=O)N1CCc2cc(OC)c(OC)cc2C1COc1ccccc1OC)c1ccccc1. The van der Waals surface area contributed by atoms with Crippen molar-refractivity contribution < 1.29 is 23.7 Å². The summed E-state index contributed by atoms with van der Waals surface area (Å²) >= 11 is 0. The normalized spacial score (nSPS) is 15.7. The first-order valence-corrected chi connectivity index (χ1v) is 12.0. The second kappa shape index (κ2) is 11.2. The standard InChI is InChI=1S/C29H33NO5/c1-5-22(20-11-7-6-8-12-20)29(31)30-16-15-21-17-27(33-3)28(34-4)18-23(21)24(30)19-35-26-14-10-9-13-25(26)32-2/h6-14,17-18,22,24H,5,15-16,19H2,1-4H3. The van der Waals surface area contributed by atoms with Crippen LogP contribution in [0, 0.1) is 0 Å². The Balaban J connectivity index is 1.71. The lowest BCUT2D eigenvalue weighted by Crippen LogP contribution is -2.44. The van der Waals surface area contributed by atoms with Gasteiger partial charge in [-0.1, -0.05) is 49.4 Å². The number of amides is 1. The Morgan fingerprint density at radius 2 is 1.51 bits per heavy atom. The average Bonchev–Trinajstić information content (AvgIpc) is 2.91. The maximum atomic E-state index is 14.0. The molecule has 3 aromatic rings. The third kappa shape index (κ3) is 5.06. The summed E-state index contributed by atoms with van der Waals surface area (Å²) in [6.07, 6.45) is 1.45. The zero-order valence-electron chi connectivity index (χ0n) is 20.8. The number of ether oxygens (including phenoxy) is 4. The maximum Gasteiger partial charge on any atom is 0.230 e. The number of methoxy groups -OCH3 is 3. The van der Waals surface area contributed by atoms with E-state index in [2.05, 4.69) is 6.92 Å². The molecule has 1 aliphatic rings. The molecule has 1 aliphatic heterocycles. The Bertz CT molecular complexity index is 1150. The molecule has 1 heterocycles. The van der Waals surface area contributed by atoms with Gasteiger partial charge in [-0.2, -0.15) is 0 Å². The smallest absolute Gasteiger partial charge is 0.230 e. The van der Waals surface area contributed by atoms with Crippen LogP contribution in [0.25, 0.3) is 0 Å². The number of benzene rings is 3. The van der Waals surface area contributed by atoms with Gasteiger partial charge in [-0.3, -0.25) is 4.79 Å². The van der Waals surface area contributed by atoms with Gasteiger partial charge in [0.1, 0.15) is 6.61 Å². The lowest BCUT2D eigenvalue weighted by molar-refractivity contribution is -0.136. The average molecular weight is 476 g/mol. The minimum atomic E-state index is -0.284. The van der Waals surface area contributed by atoms with Crippen molar-refractivity contribution in [1.82, 2.24) is 4.90 Å². The molecule has 2 unspecified atom stereocenters. The fraction of sp³-hybridized carbons (Fsp3) is 0.345. The van der Waals surface area contributed by atoms with Gasteiger partial charge in [0.25, 0.3) is 0 Å². The molecule has 4 rings (SSSR count). The topological polar surface area (TPSA) is 57.2 Å². The van der Waals surface area contributed by atoms with E-state index in [9.17, 15) is 4.79 Å². The fourth-order valence-electron chi connectivity index (χ4n) is 4.82. The van der Waals surface area contributed by atoms with E-state index in [1.165, 1.54) is 0 Å². The minimum absolute atomic E-state index is 0.104. The molecule has 0 saturated heterocycles. The Labute approximate surface area is 207 Å². The second-order valence-electron chi connectivity index (χ2n) is 8.54. The quantitative estimate of drug-likeness (QED) is 0.414. The number of para-hydroxylation sites is 2. The van der Waals surface area contributed by atoms with Crippen LogP contribution < -0.4 is 18.9 Å². The molecular formula is C29H33NO5. The van der Waals surface area contributed by atoms with Crippen molar-refractivity contribution in [2.75, 3.05) is 34.5 Å². The lowest BCUT2D eigenvalue weighted by Gasteiger charge is -2.39. The Morgan fingerprint density at radius 1 is 0.886 bits per heavy atom. The lowest BCUT2D eigenvalue weighted by atomic mass is 9.89. The van der Waals surface area contributed by atoms with Crippen LogP contribution in [0.5, 0.6) is 23.0 Å². The van der Waals surface area contributed by atoms with Crippen LogP contribution in [0.15, 0.2) is 66.7 Å². The monoisotopic (exact) mass is 475 g/mol. The predicted molar refractivity (Wildman–Crippen MR) is 136 cm³/mol. The van der Waals surface area contributed by atoms with E-state index in [1.807, 2.05) is 71.6 Å². The Morgan fingerprint density at radius 3 is 2.17 bits per heavy atom. The highest BCUT2D eigenvalue weighted by molar-refractivity contribution is 5.84. The number of hydrogen-bond donors (Lipinski definition) is 0. The van der Waals surface area contributed by atoms with Crippen molar-refractivity contribution in [3.63, 3.8) is 0 Å². The first-order valence-electron chi connectivity index (χ1n) is 12.0. The van der Waals surface area contributed by atoms with Crippen LogP contribution in [-0.4, -0.2) is 45.3 Å². The molecule has 184 valence electrons. The summed E-state index contributed by atoms with van der Waals surface area (Å²) in [6.45, 7) is 2.95. The summed E-state index contributed by atoms with van der Waals surface area (Å²) < 4.78 is 22.9. The number of hydrogen-bond acceptors (Lipinski definition) is 5. The molecule has 6 heteroatoms. The summed E-state index contributed by atoms with van der Waals surface area (Å²) in [5.74, 6) is 2.51. The molecule has 0 radical (unpaired) electrons. The second-order valence-corrected chi connectivity index (χ2v) is 8.54. The fourth-order valence-corrected chi connectivity index (χ4v) is 4.82. The molecule has 0 aromatic heterocycles. The van der Waals surface area contributed by atoms with E-state index in [1.54, 1.807) is 21.3 Å². The van der Waals surface area contributed by atoms with Gasteiger partial charge in [0.05, 0.1) is 33.3 Å². The Hall–Kier alpha value is -3.67. The van der Waals surface area contributed by atoms with Crippen molar-refractivity contribution >= 4 is 5.91 Å². The van der Waals surface area contributed by atoms with E-state index in [4.69, 9.17) is 18.9 Å². The minimum Gasteiger partial charge on any atom is -0.493 e. The van der Waals surface area contributed by atoms with Crippen LogP contribution in [0.1, 0.15) is 42.0 Å². The van der Waals surface area contributed by atoms with Gasteiger partial charge in [-0.25, -0.2) is 0 Å². The predicted octanol–water partition coefficient (Wildman–Crippen LogP) is 5.41. The van der Waals surface area contributed by atoms with Crippen molar-refractivity contribution in [1.29, 1.82) is 0 Å². The highest BCUT2D eigenvalue weighted by Gasteiger charge is 2.36. The number of carbonyl (C=O) groups excluding carboxylic acids is 1. The van der Waals surface area contributed by atoms with Crippen LogP contribution >= 0.6 is 0 Å². The van der Waals surface area contributed by atoms with E-state index in [0.717, 1.165) is 29.5 Å².